The molecule has 36 heavy (non-hydrogen) atoms. The molecule has 2 rings (SSSR count). The Labute approximate surface area is 208 Å². The maximum Gasteiger partial charge on any atom is 0.416 e. The van der Waals surface area contributed by atoms with Crippen molar-refractivity contribution in [3.8, 4) is 5.75 Å². The summed E-state index contributed by atoms with van der Waals surface area (Å²) in [5.74, 6) is 0.00304. The van der Waals surface area contributed by atoms with E-state index < -0.39 is 63.6 Å². The van der Waals surface area contributed by atoms with Crippen LogP contribution in [0.25, 0.3) is 0 Å². The summed E-state index contributed by atoms with van der Waals surface area (Å²) in [6.45, 7) is 2.71. The smallest absolute Gasteiger partial charge is 0.416 e. The number of benzene rings is 2. The summed E-state index contributed by atoms with van der Waals surface area (Å²) in [7, 11) is -4.45. The molecule has 2 N–H and O–H groups in total. The molecule has 0 aromatic heterocycles. The molecule has 0 unspecified atom stereocenters. The molecule has 2 aromatic carbocycles. The molecule has 0 saturated carbocycles. The fraction of sp³-hybridized carbons (Fsp3) is 0.318. The van der Waals surface area contributed by atoms with Gasteiger partial charge >= 0.3 is 12.4 Å². The second-order valence-electron chi connectivity index (χ2n) is 7.28. The van der Waals surface area contributed by atoms with Crippen molar-refractivity contribution in [1.29, 1.82) is 0 Å². The molecule has 0 aliphatic carbocycles. The van der Waals surface area contributed by atoms with Crippen molar-refractivity contribution in [3.05, 3.63) is 65.7 Å². The third-order valence-corrected chi connectivity index (χ3v) is 6.60. The van der Waals surface area contributed by atoms with Crippen LogP contribution >= 0.6 is 11.8 Å². The highest BCUT2D eigenvalue weighted by Crippen LogP contribution is 2.33. The predicted molar refractivity (Wildman–Crippen MR) is 125 cm³/mol. The van der Waals surface area contributed by atoms with E-state index in [1.54, 1.807) is 11.8 Å². The van der Waals surface area contributed by atoms with Crippen LogP contribution in [0.2, 0.25) is 0 Å². The van der Waals surface area contributed by atoms with Gasteiger partial charge in [0.25, 0.3) is 15.9 Å². The zero-order valence-corrected chi connectivity index (χ0v) is 20.4. The summed E-state index contributed by atoms with van der Waals surface area (Å²) >= 11 is 1.55. The number of rotatable bonds is 11. The van der Waals surface area contributed by atoms with Crippen LogP contribution in [-0.4, -0.2) is 45.7 Å². The minimum Gasteiger partial charge on any atom is -0.493 e. The number of amides is 1. The number of carbonyl (C=O) groups excluding carboxylic acids is 1. The second kappa shape index (κ2) is 11.9. The molecule has 198 valence electrons. The average molecular weight is 557 g/mol. The highest BCUT2D eigenvalue weighted by atomic mass is 32.2. The van der Waals surface area contributed by atoms with Crippen LogP contribution in [0.5, 0.6) is 5.75 Å². The van der Waals surface area contributed by atoms with Gasteiger partial charge in [-0.1, -0.05) is 6.58 Å². The molecule has 0 saturated heterocycles. The van der Waals surface area contributed by atoms with Gasteiger partial charge in [-0.2, -0.15) is 38.1 Å². The van der Waals surface area contributed by atoms with E-state index in [-0.39, 0.29) is 4.90 Å². The molecule has 0 aliphatic heterocycles. The van der Waals surface area contributed by atoms with E-state index in [1.807, 2.05) is 11.0 Å². The van der Waals surface area contributed by atoms with Gasteiger partial charge in [-0.25, -0.2) is 8.42 Å². The molecule has 14 heteroatoms. The van der Waals surface area contributed by atoms with Crippen molar-refractivity contribution in [1.82, 2.24) is 5.32 Å². The lowest BCUT2D eigenvalue weighted by atomic mass is 10.1. The first-order valence-electron chi connectivity index (χ1n) is 10.1. The first kappa shape index (κ1) is 29.4. The van der Waals surface area contributed by atoms with Crippen molar-refractivity contribution in [2.24, 2.45) is 0 Å². The Bertz CT molecular complexity index is 1180. The standard InChI is InChI=1S/C22H22F6N2O4S2/c1-14(21(23,24)25)9-10-29-20(31)18-8-3-15(22(26,27)28)13-19(18)30-36(32,33)17-6-4-16(5-7-17)34-11-12-35-2/h3-8,13,30H,1,9-12H2,2H3,(H,29,31). The maximum absolute atomic E-state index is 13.2. The third-order valence-electron chi connectivity index (χ3n) is 4.64. The van der Waals surface area contributed by atoms with E-state index in [2.05, 4.69) is 11.9 Å². The number of halogens is 6. The number of thioether (sulfide) groups is 1. The first-order chi connectivity index (χ1) is 16.6. The van der Waals surface area contributed by atoms with E-state index in [0.717, 1.165) is 6.07 Å². The lowest BCUT2D eigenvalue weighted by molar-refractivity contribution is -0.137. The molecular formula is C22H22F6N2O4S2. The number of alkyl halides is 6. The van der Waals surface area contributed by atoms with Gasteiger partial charge in [0.1, 0.15) is 5.75 Å². The largest absolute Gasteiger partial charge is 0.493 e. The van der Waals surface area contributed by atoms with Crippen molar-refractivity contribution in [2.45, 2.75) is 23.7 Å². The quantitative estimate of drug-likeness (QED) is 0.217. The number of nitrogens with one attached hydrogen (secondary N) is 2. The van der Waals surface area contributed by atoms with E-state index >= 15 is 0 Å². The Morgan fingerprint density at radius 2 is 1.69 bits per heavy atom. The van der Waals surface area contributed by atoms with E-state index in [1.165, 1.54) is 24.3 Å². The van der Waals surface area contributed by atoms with Gasteiger partial charge in [-0.3, -0.25) is 9.52 Å². The molecule has 2 aromatic rings. The SMILES string of the molecule is C=C(CCNC(=O)c1ccc(C(F)(F)F)cc1NS(=O)(=O)c1ccc(OCCSC)cc1)C(F)(F)F. The molecule has 1 amide bonds. The van der Waals surface area contributed by atoms with Crippen LogP contribution in [0.15, 0.2) is 59.5 Å². The summed E-state index contributed by atoms with van der Waals surface area (Å²) in [5.41, 5.74) is -3.56. The van der Waals surface area contributed by atoms with Crippen molar-refractivity contribution < 1.29 is 44.3 Å². The topological polar surface area (TPSA) is 84.5 Å². The monoisotopic (exact) mass is 556 g/mol. The molecule has 0 radical (unpaired) electrons. The van der Waals surface area contributed by atoms with Crippen LogP contribution in [0.4, 0.5) is 32.0 Å². The number of carbonyl (C=O) groups is 1. The lowest BCUT2D eigenvalue weighted by Gasteiger charge is -2.16. The van der Waals surface area contributed by atoms with Crippen LogP contribution in [0, 0.1) is 0 Å². The third kappa shape index (κ3) is 8.36. The average Bonchev–Trinajstić information content (AvgIpc) is 2.78. The van der Waals surface area contributed by atoms with E-state index in [0.29, 0.717) is 30.2 Å². The van der Waals surface area contributed by atoms with Crippen molar-refractivity contribution in [2.75, 3.05) is 29.9 Å². The fourth-order valence-corrected chi connectivity index (χ4v) is 4.05. The van der Waals surface area contributed by atoms with Crippen LogP contribution in [-0.2, 0) is 16.2 Å². The molecule has 0 heterocycles. The minimum absolute atomic E-state index is 0.315. The van der Waals surface area contributed by atoms with Gasteiger partial charge < -0.3 is 10.1 Å². The molecule has 0 bridgehead atoms. The first-order valence-corrected chi connectivity index (χ1v) is 13.0. The van der Waals surface area contributed by atoms with Gasteiger partial charge in [0, 0.05) is 17.9 Å². The zero-order chi connectivity index (χ0) is 27.1. The van der Waals surface area contributed by atoms with E-state index in [9.17, 15) is 39.6 Å². The minimum atomic E-state index is -4.85. The summed E-state index contributed by atoms with van der Waals surface area (Å²) < 4.78 is 110. The van der Waals surface area contributed by atoms with Crippen LogP contribution in [0.3, 0.4) is 0 Å². The van der Waals surface area contributed by atoms with Gasteiger partial charge in [-0.15, -0.1) is 0 Å². The lowest BCUT2D eigenvalue weighted by Crippen LogP contribution is -2.28. The Morgan fingerprint density at radius 3 is 2.25 bits per heavy atom. The number of anilines is 1. The Balaban J connectivity index is 2.28. The second-order valence-corrected chi connectivity index (χ2v) is 9.95. The summed E-state index contributed by atoms with van der Waals surface area (Å²) in [4.78, 5) is 12.2. The Kier molecular flexibility index (Phi) is 9.71. The molecule has 6 nitrogen and oxygen atoms in total. The highest BCUT2D eigenvalue weighted by Gasteiger charge is 2.33. The number of sulfonamides is 1. The molecule has 0 spiro atoms. The Morgan fingerprint density at radius 1 is 1.06 bits per heavy atom. The molecular weight excluding hydrogens is 534 g/mol. The zero-order valence-electron chi connectivity index (χ0n) is 18.8. The maximum atomic E-state index is 13.2. The molecule has 0 fully saturated rings. The van der Waals surface area contributed by atoms with Crippen molar-refractivity contribution >= 4 is 33.4 Å². The van der Waals surface area contributed by atoms with Gasteiger partial charge in [-0.05, 0) is 55.1 Å². The Hall–Kier alpha value is -2.87. The van der Waals surface area contributed by atoms with Gasteiger partial charge in [0.2, 0.25) is 0 Å². The number of hydrogen-bond acceptors (Lipinski definition) is 5. The summed E-state index contributed by atoms with van der Waals surface area (Å²) in [6, 6.07) is 6.80. The normalized spacial score (nSPS) is 12.2. The molecule has 0 atom stereocenters. The van der Waals surface area contributed by atoms with Crippen molar-refractivity contribution in [3.63, 3.8) is 0 Å². The van der Waals surface area contributed by atoms with Crippen LogP contribution in [0.1, 0.15) is 22.3 Å². The number of ether oxygens (including phenoxy) is 1. The number of hydrogen-bond donors (Lipinski definition) is 2. The fourth-order valence-electron chi connectivity index (χ4n) is 2.73. The molecule has 0 aliphatic rings. The summed E-state index contributed by atoms with van der Waals surface area (Å²) in [6.07, 6.45) is -8.31. The highest BCUT2D eigenvalue weighted by molar-refractivity contribution is 7.98. The summed E-state index contributed by atoms with van der Waals surface area (Å²) in [5, 5.41) is 2.12. The van der Waals surface area contributed by atoms with Crippen LogP contribution < -0.4 is 14.8 Å². The predicted octanol–water partition coefficient (Wildman–Crippen LogP) is 5.49. The van der Waals surface area contributed by atoms with E-state index in [4.69, 9.17) is 4.74 Å². The van der Waals surface area contributed by atoms with Gasteiger partial charge in [0.05, 0.1) is 28.3 Å². The van der Waals surface area contributed by atoms with Gasteiger partial charge in [0.15, 0.2) is 0 Å².